The molecule has 0 aromatic carbocycles. The van der Waals surface area contributed by atoms with Gasteiger partial charge in [0.25, 0.3) is 0 Å². The second kappa shape index (κ2) is 4.17. The molecule has 0 radical (unpaired) electrons. The molecule has 76 valence electrons. The fourth-order valence-electron chi connectivity index (χ4n) is 1.12. The van der Waals surface area contributed by atoms with Gasteiger partial charge in [0.1, 0.15) is 5.83 Å². The van der Waals surface area contributed by atoms with Crippen LogP contribution in [0.5, 0.6) is 0 Å². The van der Waals surface area contributed by atoms with Gasteiger partial charge >= 0.3 is 0 Å². The van der Waals surface area contributed by atoms with Gasteiger partial charge in [0, 0.05) is 24.9 Å². The predicted octanol–water partition coefficient (Wildman–Crippen LogP) is 2.83. The first kappa shape index (κ1) is 10.6. The average molecular weight is 198 g/mol. The molecular weight excluding hydrogens is 186 g/mol. The van der Waals surface area contributed by atoms with E-state index in [-0.39, 0.29) is 6.33 Å². The Balaban J connectivity index is 3.09. The monoisotopic (exact) mass is 198 g/mol. The van der Waals surface area contributed by atoms with Gasteiger partial charge in [0.2, 0.25) is 0 Å². The van der Waals surface area contributed by atoms with Crippen LogP contribution in [0.3, 0.4) is 0 Å². The standard InChI is InChI=1S/C10H12F2N2/c1-7-8(2)14(3)13-10(7)6-9(12)4-5-11/h4-6H,1-3H3/b5-4+,9-6+. The molecule has 1 aromatic heterocycles. The van der Waals surface area contributed by atoms with Crippen molar-refractivity contribution in [2.75, 3.05) is 0 Å². The molecule has 0 spiro atoms. The predicted molar refractivity (Wildman–Crippen MR) is 52.0 cm³/mol. The van der Waals surface area contributed by atoms with Crippen molar-refractivity contribution in [2.24, 2.45) is 7.05 Å². The van der Waals surface area contributed by atoms with Crippen LogP contribution in [-0.2, 0) is 7.05 Å². The lowest BCUT2D eigenvalue weighted by atomic mass is 10.2. The molecular formula is C10H12F2N2. The molecule has 0 aliphatic carbocycles. The molecule has 0 atom stereocenters. The van der Waals surface area contributed by atoms with Gasteiger partial charge in [-0.25, -0.2) is 8.78 Å². The molecule has 0 saturated carbocycles. The number of hydrogen-bond acceptors (Lipinski definition) is 1. The summed E-state index contributed by atoms with van der Waals surface area (Å²) in [5, 5.41) is 4.08. The highest BCUT2D eigenvalue weighted by Crippen LogP contribution is 2.15. The van der Waals surface area contributed by atoms with Gasteiger partial charge in [0.05, 0.1) is 12.0 Å². The summed E-state index contributed by atoms with van der Waals surface area (Å²) in [5.74, 6) is -0.645. The summed E-state index contributed by atoms with van der Waals surface area (Å²) >= 11 is 0. The van der Waals surface area contributed by atoms with Crippen molar-refractivity contribution in [3.05, 3.63) is 35.2 Å². The number of hydrogen-bond donors (Lipinski definition) is 0. The van der Waals surface area contributed by atoms with Gasteiger partial charge in [-0.05, 0) is 19.4 Å². The molecule has 0 aliphatic rings. The zero-order valence-electron chi connectivity index (χ0n) is 8.38. The Bertz CT molecular complexity index is 389. The van der Waals surface area contributed by atoms with Crippen molar-refractivity contribution in [1.82, 2.24) is 9.78 Å². The molecule has 0 aliphatic heterocycles. The van der Waals surface area contributed by atoms with E-state index < -0.39 is 5.83 Å². The Morgan fingerprint density at radius 3 is 2.50 bits per heavy atom. The van der Waals surface area contributed by atoms with Crippen LogP contribution in [0.25, 0.3) is 6.08 Å². The van der Waals surface area contributed by atoms with Crippen LogP contribution in [0, 0.1) is 13.8 Å². The fraction of sp³-hybridized carbons (Fsp3) is 0.300. The number of aromatic nitrogens is 2. The quantitative estimate of drug-likeness (QED) is 0.668. The summed E-state index contributed by atoms with van der Waals surface area (Å²) in [6.45, 7) is 3.74. The van der Waals surface area contributed by atoms with Gasteiger partial charge < -0.3 is 0 Å². The van der Waals surface area contributed by atoms with Crippen molar-refractivity contribution in [1.29, 1.82) is 0 Å². The second-order valence-corrected chi connectivity index (χ2v) is 3.04. The maximum absolute atomic E-state index is 12.9. The molecule has 1 heterocycles. The minimum atomic E-state index is -0.645. The van der Waals surface area contributed by atoms with E-state index in [2.05, 4.69) is 5.10 Å². The van der Waals surface area contributed by atoms with Crippen molar-refractivity contribution in [3.63, 3.8) is 0 Å². The number of rotatable bonds is 2. The first-order chi connectivity index (χ1) is 6.56. The molecule has 0 saturated heterocycles. The number of aryl methyl sites for hydroxylation is 1. The highest BCUT2D eigenvalue weighted by atomic mass is 19.1. The summed E-state index contributed by atoms with van der Waals surface area (Å²) in [6.07, 6.45) is 2.12. The first-order valence-corrected chi connectivity index (χ1v) is 4.20. The van der Waals surface area contributed by atoms with Crippen LogP contribution in [0.1, 0.15) is 17.0 Å². The third-order valence-corrected chi connectivity index (χ3v) is 2.17. The zero-order valence-corrected chi connectivity index (χ0v) is 8.38. The van der Waals surface area contributed by atoms with Crippen LogP contribution < -0.4 is 0 Å². The molecule has 0 N–H and O–H groups in total. The van der Waals surface area contributed by atoms with E-state index in [0.717, 1.165) is 17.3 Å². The van der Waals surface area contributed by atoms with E-state index in [0.29, 0.717) is 5.69 Å². The second-order valence-electron chi connectivity index (χ2n) is 3.04. The van der Waals surface area contributed by atoms with Crippen LogP contribution in [0.15, 0.2) is 18.2 Å². The van der Waals surface area contributed by atoms with E-state index in [1.165, 1.54) is 6.08 Å². The summed E-state index contributed by atoms with van der Waals surface area (Å²) in [7, 11) is 1.78. The first-order valence-electron chi connectivity index (χ1n) is 4.20. The summed E-state index contributed by atoms with van der Waals surface area (Å²) in [4.78, 5) is 0. The maximum Gasteiger partial charge on any atom is 0.127 e. The van der Waals surface area contributed by atoms with E-state index in [1.54, 1.807) is 11.7 Å². The molecule has 2 nitrogen and oxygen atoms in total. The van der Waals surface area contributed by atoms with Gasteiger partial charge in [-0.3, -0.25) is 4.68 Å². The lowest BCUT2D eigenvalue weighted by Gasteiger charge is -1.91. The van der Waals surface area contributed by atoms with Crippen molar-refractivity contribution in [2.45, 2.75) is 13.8 Å². The lowest BCUT2D eigenvalue weighted by molar-refractivity contribution is 0.657. The molecule has 0 fully saturated rings. The van der Waals surface area contributed by atoms with E-state index >= 15 is 0 Å². The minimum Gasteiger partial charge on any atom is -0.272 e. The van der Waals surface area contributed by atoms with Gasteiger partial charge in [-0.1, -0.05) is 0 Å². The highest BCUT2D eigenvalue weighted by molar-refractivity contribution is 5.54. The smallest absolute Gasteiger partial charge is 0.127 e. The molecule has 0 amide bonds. The Labute approximate surface area is 81.5 Å². The van der Waals surface area contributed by atoms with Crippen LogP contribution in [-0.4, -0.2) is 9.78 Å². The number of halogens is 2. The SMILES string of the molecule is Cc1c(/C=C(F)\C=C\F)nn(C)c1C. The molecule has 0 unspecified atom stereocenters. The average Bonchev–Trinajstić information content (AvgIpc) is 2.34. The maximum atomic E-state index is 12.9. The Hall–Kier alpha value is -1.45. The molecule has 4 heteroatoms. The fourth-order valence-corrected chi connectivity index (χ4v) is 1.12. The van der Waals surface area contributed by atoms with Gasteiger partial charge in [-0.15, -0.1) is 0 Å². The normalized spacial score (nSPS) is 12.8. The van der Waals surface area contributed by atoms with E-state index in [4.69, 9.17) is 0 Å². The number of nitrogens with zero attached hydrogens (tertiary/aromatic N) is 2. The number of allylic oxidation sites excluding steroid dienone is 2. The van der Waals surface area contributed by atoms with Gasteiger partial charge in [0.15, 0.2) is 0 Å². The third kappa shape index (κ3) is 2.07. The topological polar surface area (TPSA) is 17.8 Å². The minimum absolute atomic E-state index is 0.164. The van der Waals surface area contributed by atoms with Gasteiger partial charge in [-0.2, -0.15) is 5.10 Å². The lowest BCUT2D eigenvalue weighted by Crippen LogP contribution is -1.92. The van der Waals surface area contributed by atoms with Crippen molar-refractivity contribution >= 4 is 6.08 Å². The Kier molecular flexibility index (Phi) is 3.17. The molecule has 1 aromatic rings. The van der Waals surface area contributed by atoms with E-state index in [9.17, 15) is 8.78 Å². The molecule has 0 bridgehead atoms. The van der Waals surface area contributed by atoms with Crippen molar-refractivity contribution in [3.8, 4) is 0 Å². The summed E-state index contributed by atoms with van der Waals surface area (Å²) in [5.41, 5.74) is 2.39. The zero-order chi connectivity index (χ0) is 10.7. The Morgan fingerprint density at radius 1 is 1.43 bits per heavy atom. The van der Waals surface area contributed by atoms with Crippen molar-refractivity contribution < 1.29 is 8.78 Å². The molecule has 14 heavy (non-hydrogen) atoms. The molecule has 1 rings (SSSR count). The Morgan fingerprint density at radius 2 is 2.07 bits per heavy atom. The van der Waals surface area contributed by atoms with E-state index in [1.807, 2.05) is 13.8 Å². The largest absolute Gasteiger partial charge is 0.272 e. The van der Waals surface area contributed by atoms with Crippen LogP contribution in [0.2, 0.25) is 0 Å². The van der Waals surface area contributed by atoms with Crippen LogP contribution in [0.4, 0.5) is 8.78 Å². The highest BCUT2D eigenvalue weighted by Gasteiger charge is 2.06. The summed E-state index contributed by atoms with van der Waals surface area (Å²) in [6, 6.07) is 0. The van der Waals surface area contributed by atoms with Crippen LogP contribution >= 0.6 is 0 Å². The summed E-state index contributed by atoms with van der Waals surface area (Å²) < 4.78 is 26.2. The third-order valence-electron chi connectivity index (χ3n) is 2.17.